The second-order valence-electron chi connectivity index (χ2n) is 5.78. The smallest absolute Gasteiger partial charge is 0.319 e. The van der Waals surface area contributed by atoms with Crippen molar-refractivity contribution in [2.24, 2.45) is 0 Å². The highest BCUT2D eigenvalue weighted by molar-refractivity contribution is 5.89. The van der Waals surface area contributed by atoms with E-state index in [9.17, 15) is 4.79 Å². The number of aromatic nitrogens is 2. The van der Waals surface area contributed by atoms with Gasteiger partial charge in [-0.05, 0) is 44.0 Å². The summed E-state index contributed by atoms with van der Waals surface area (Å²) in [6, 6.07) is 7.44. The second kappa shape index (κ2) is 7.09. The molecule has 1 aromatic carbocycles. The van der Waals surface area contributed by atoms with Gasteiger partial charge in [0.25, 0.3) is 0 Å². The van der Waals surface area contributed by atoms with Gasteiger partial charge in [-0.3, -0.25) is 0 Å². The molecule has 0 radical (unpaired) electrons. The van der Waals surface area contributed by atoms with Gasteiger partial charge in [-0.25, -0.2) is 14.8 Å². The number of carbonyl (C=O) groups excluding carboxylic acids is 1. The van der Waals surface area contributed by atoms with Gasteiger partial charge in [0.05, 0.1) is 6.54 Å². The Kier molecular flexibility index (Phi) is 5.16. The summed E-state index contributed by atoms with van der Waals surface area (Å²) in [6.45, 7) is 6.24. The van der Waals surface area contributed by atoms with Crippen LogP contribution in [0.4, 0.5) is 16.3 Å². The van der Waals surface area contributed by atoms with E-state index >= 15 is 0 Å². The highest BCUT2D eigenvalue weighted by Crippen LogP contribution is 2.14. The molecule has 122 valence electrons. The Labute approximate surface area is 137 Å². The van der Waals surface area contributed by atoms with E-state index in [1.165, 1.54) is 5.56 Å². The third-order valence-corrected chi connectivity index (χ3v) is 3.52. The van der Waals surface area contributed by atoms with Gasteiger partial charge in [0.2, 0.25) is 0 Å². The largest absolute Gasteiger partial charge is 0.363 e. The van der Waals surface area contributed by atoms with E-state index in [4.69, 9.17) is 0 Å². The van der Waals surface area contributed by atoms with E-state index in [1.807, 2.05) is 64.0 Å². The zero-order chi connectivity index (χ0) is 17.0. The number of anilines is 2. The van der Waals surface area contributed by atoms with E-state index in [2.05, 4.69) is 20.6 Å². The fourth-order valence-electron chi connectivity index (χ4n) is 2.07. The summed E-state index contributed by atoms with van der Waals surface area (Å²) in [6.07, 6.45) is 0. The van der Waals surface area contributed by atoms with Gasteiger partial charge in [-0.15, -0.1) is 0 Å². The summed E-state index contributed by atoms with van der Waals surface area (Å²) in [4.78, 5) is 22.7. The van der Waals surface area contributed by atoms with Gasteiger partial charge >= 0.3 is 6.03 Å². The molecule has 2 rings (SSSR count). The monoisotopic (exact) mass is 313 g/mol. The number of benzene rings is 1. The molecule has 1 aromatic heterocycles. The first-order valence-electron chi connectivity index (χ1n) is 7.49. The van der Waals surface area contributed by atoms with Crippen molar-refractivity contribution in [1.29, 1.82) is 0 Å². The Morgan fingerprint density at radius 3 is 2.48 bits per heavy atom. The molecule has 2 aromatic rings. The average molecular weight is 313 g/mol. The van der Waals surface area contributed by atoms with Gasteiger partial charge in [-0.2, -0.15) is 0 Å². The van der Waals surface area contributed by atoms with Crippen molar-refractivity contribution in [3.8, 4) is 0 Å². The lowest BCUT2D eigenvalue weighted by Crippen LogP contribution is -2.29. The molecule has 0 aliphatic rings. The van der Waals surface area contributed by atoms with E-state index in [-0.39, 0.29) is 12.6 Å². The van der Waals surface area contributed by atoms with Crippen molar-refractivity contribution in [1.82, 2.24) is 15.3 Å². The third-order valence-electron chi connectivity index (χ3n) is 3.52. The van der Waals surface area contributed by atoms with Crippen molar-refractivity contribution in [2.45, 2.75) is 27.3 Å². The highest BCUT2D eigenvalue weighted by Gasteiger charge is 2.07. The lowest BCUT2D eigenvalue weighted by Gasteiger charge is -2.13. The normalized spacial score (nSPS) is 10.3. The van der Waals surface area contributed by atoms with E-state index in [0.29, 0.717) is 5.82 Å². The van der Waals surface area contributed by atoms with Gasteiger partial charge in [0, 0.05) is 31.5 Å². The van der Waals surface area contributed by atoms with Crippen molar-refractivity contribution in [3.63, 3.8) is 0 Å². The predicted octanol–water partition coefficient (Wildman–Crippen LogP) is 2.79. The number of aryl methyl sites for hydroxylation is 3. The molecule has 6 heteroatoms. The Morgan fingerprint density at radius 2 is 1.83 bits per heavy atom. The Bertz CT molecular complexity index is 712. The molecule has 6 nitrogen and oxygen atoms in total. The van der Waals surface area contributed by atoms with Crippen LogP contribution < -0.4 is 15.5 Å². The number of nitrogens with one attached hydrogen (secondary N) is 2. The molecule has 0 saturated heterocycles. The van der Waals surface area contributed by atoms with E-state index in [0.717, 1.165) is 22.8 Å². The molecular weight excluding hydrogens is 290 g/mol. The van der Waals surface area contributed by atoms with Gasteiger partial charge < -0.3 is 15.5 Å². The molecule has 0 aliphatic carbocycles. The SMILES string of the molecule is Cc1cc(N(C)C)nc(CNC(=O)Nc2ccc(C)c(C)c2)n1. The van der Waals surface area contributed by atoms with E-state index in [1.54, 1.807) is 0 Å². The predicted molar refractivity (Wildman–Crippen MR) is 92.9 cm³/mol. The summed E-state index contributed by atoms with van der Waals surface area (Å²) in [5.41, 5.74) is 3.97. The van der Waals surface area contributed by atoms with Gasteiger partial charge in [0.15, 0.2) is 0 Å². The molecule has 0 aliphatic heterocycles. The number of carbonyl (C=O) groups is 1. The number of amides is 2. The highest BCUT2D eigenvalue weighted by atomic mass is 16.2. The third kappa shape index (κ3) is 4.67. The fraction of sp³-hybridized carbons (Fsp3) is 0.353. The molecular formula is C17H23N5O. The average Bonchev–Trinajstić information content (AvgIpc) is 2.48. The molecule has 0 spiro atoms. The van der Waals surface area contributed by atoms with Crippen LogP contribution in [0, 0.1) is 20.8 Å². The zero-order valence-electron chi connectivity index (χ0n) is 14.3. The summed E-state index contributed by atoms with van der Waals surface area (Å²) < 4.78 is 0. The Hall–Kier alpha value is -2.63. The molecule has 0 saturated carbocycles. The quantitative estimate of drug-likeness (QED) is 0.910. The van der Waals surface area contributed by atoms with Crippen LogP contribution in [0.2, 0.25) is 0 Å². The number of hydrogen-bond acceptors (Lipinski definition) is 4. The first-order valence-corrected chi connectivity index (χ1v) is 7.49. The van der Waals surface area contributed by atoms with Crippen LogP contribution in [-0.4, -0.2) is 30.1 Å². The maximum atomic E-state index is 12.0. The molecule has 0 fully saturated rings. The van der Waals surface area contributed by atoms with Gasteiger partial charge in [-0.1, -0.05) is 6.07 Å². The van der Waals surface area contributed by atoms with Crippen molar-refractivity contribution in [3.05, 3.63) is 46.9 Å². The van der Waals surface area contributed by atoms with Gasteiger partial charge in [0.1, 0.15) is 11.6 Å². The number of urea groups is 1. The minimum atomic E-state index is -0.273. The number of hydrogen-bond donors (Lipinski definition) is 2. The standard InChI is InChI=1S/C17H23N5O/c1-11-6-7-14(8-12(11)2)20-17(23)18-10-15-19-13(3)9-16(21-15)22(4)5/h6-9H,10H2,1-5H3,(H2,18,20,23). The summed E-state index contributed by atoms with van der Waals surface area (Å²) in [5.74, 6) is 1.41. The second-order valence-corrected chi connectivity index (χ2v) is 5.78. The molecule has 1 heterocycles. The van der Waals surface area contributed by atoms with Crippen LogP contribution in [0.1, 0.15) is 22.6 Å². The first-order chi connectivity index (χ1) is 10.8. The van der Waals surface area contributed by atoms with Crippen LogP contribution in [0.25, 0.3) is 0 Å². The molecule has 23 heavy (non-hydrogen) atoms. The van der Waals surface area contributed by atoms with Crippen LogP contribution in [-0.2, 0) is 6.54 Å². The number of nitrogens with zero attached hydrogens (tertiary/aromatic N) is 3. The molecule has 0 atom stereocenters. The Balaban J connectivity index is 1.97. The molecule has 0 unspecified atom stereocenters. The maximum Gasteiger partial charge on any atom is 0.319 e. The van der Waals surface area contributed by atoms with Crippen LogP contribution in [0.15, 0.2) is 24.3 Å². The fourth-order valence-corrected chi connectivity index (χ4v) is 2.07. The number of rotatable bonds is 4. The maximum absolute atomic E-state index is 12.0. The Morgan fingerprint density at radius 1 is 1.09 bits per heavy atom. The van der Waals surface area contributed by atoms with Crippen molar-refractivity contribution in [2.75, 3.05) is 24.3 Å². The van der Waals surface area contributed by atoms with Crippen LogP contribution in [0.5, 0.6) is 0 Å². The first kappa shape index (κ1) is 16.7. The lowest BCUT2D eigenvalue weighted by molar-refractivity contribution is 0.251. The van der Waals surface area contributed by atoms with Crippen molar-refractivity contribution >= 4 is 17.5 Å². The van der Waals surface area contributed by atoms with E-state index < -0.39 is 0 Å². The minimum Gasteiger partial charge on any atom is -0.363 e. The van der Waals surface area contributed by atoms with Crippen molar-refractivity contribution < 1.29 is 4.79 Å². The molecule has 2 N–H and O–H groups in total. The lowest BCUT2D eigenvalue weighted by atomic mass is 10.1. The summed E-state index contributed by atoms with van der Waals surface area (Å²) >= 11 is 0. The molecule has 0 bridgehead atoms. The molecule has 2 amide bonds. The zero-order valence-corrected chi connectivity index (χ0v) is 14.3. The summed E-state index contributed by atoms with van der Waals surface area (Å²) in [5, 5.41) is 5.60. The minimum absolute atomic E-state index is 0.273. The van der Waals surface area contributed by atoms with Crippen LogP contribution >= 0.6 is 0 Å². The van der Waals surface area contributed by atoms with Crippen LogP contribution in [0.3, 0.4) is 0 Å². The summed E-state index contributed by atoms with van der Waals surface area (Å²) in [7, 11) is 3.84. The topological polar surface area (TPSA) is 70.2 Å².